The van der Waals surface area contributed by atoms with E-state index in [1.807, 2.05) is 23.8 Å². The largest absolute Gasteiger partial charge is 0.372 e. The highest BCUT2D eigenvalue weighted by molar-refractivity contribution is 5.65. The van der Waals surface area contributed by atoms with Crippen molar-refractivity contribution in [3.05, 3.63) is 18.6 Å². The molecular formula is C12H19N5. The Morgan fingerprint density at radius 1 is 1.41 bits per heavy atom. The van der Waals surface area contributed by atoms with Gasteiger partial charge in [0.15, 0.2) is 11.5 Å². The first-order valence-electron chi connectivity index (χ1n) is 5.96. The molecule has 0 saturated heterocycles. The Bertz CT molecular complexity index is 489. The molecule has 0 saturated carbocycles. The van der Waals surface area contributed by atoms with E-state index in [2.05, 4.69) is 34.4 Å². The Balaban J connectivity index is 2.21. The average molecular weight is 233 g/mol. The molecule has 0 aliphatic carbocycles. The van der Waals surface area contributed by atoms with Crippen LogP contribution >= 0.6 is 0 Å². The minimum atomic E-state index is 0.686. The highest BCUT2D eigenvalue weighted by Gasteiger charge is 2.06. The molecule has 2 aromatic rings. The van der Waals surface area contributed by atoms with Gasteiger partial charge in [-0.05, 0) is 12.3 Å². The van der Waals surface area contributed by atoms with Crippen LogP contribution in [0.5, 0.6) is 0 Å². The van der Waals surface area contributed by atoms with Crippen LogP contribution in [0.4, 0.5) is 11.6 Å². The van der Waals surface area contributed by atoms with Crippen molar-refractivity contribution in [2.24, 2.45) is 5.92 Å². The van der Waals surface area contributed by atoms with E-state index in [0.29, 0.717) is 5.92 Å². The SMILES string of the molecule is CNc1cn2ccnc2c(NCCC(C)C)n1. The van der Waals surface area contributed by atoms with Gasteiger partial charge in [-0.3, -0.25) is 0 Å². The molecule has 2 N–H and O–H groups in total. The summed E-state index contributed by atoms with van der Waals surface area (Å²) in [6.07, 6.45) is 6.75. The molecule has 0 unspecified atom stereocenters. The number of imidazole rings is 1. The molecule has 2 rings (SSSR count). The molecule has 0 aliphatic heterocycles. The number of aromatic nitrogens is 3. The van der Waals surface area contributed by atoms with Gasteiger partial charge in [0.25, 0.3) is 0 Å². The molecule has 2 heterocycles. The zero-order valence-corrected chi connectivity index (χ0v) is 10.6. The molecule has 0 atom stereocenters. The highest BCUT2D eigenvalue weighted by Crippen LogP contribution is 2.16. The van der Waals surface area contributed by atoms with Gasteiger partial charge in [-0.2, -0.15) is 0 Å². The first-order chi connectivity index (χ1) is 8.20. The van der Waals surface area contributed by atoms with Crippen LogP contribution in [0.1, 0.15) is 20.3 Å². The van der Waals surface area contributed by atoms with E-state index >= 15 is 0 Å². The van der Waals surface area contributed by atoms with Crippen molar-refractivity contribution in [3.63, 3.8) is 0 Å². The van der Waals surface area contributed by atoms with Gasteiger partial charge in [-0.15, -0.1) is 0 Å². The van der Waals surface area contributed by atoms with Gasteiger partial charge in [0.2, 0.25) is 0 Å². The van der Waals surface area contributed by atoms with E-state index in [1.165, 1.54) is 0 Å². The molecule has 2 aromatic heterocycles. The van der Waals surface area contributed by atoms with Crippen molar-refractivity contribution in [1.82, 2.24) is 14.4 Å². The molecule has 5 nitrogen and oxygen atoms in total. The van der Waals surface area contributed by atoms with Crippen LogP contribution in [-0.4, -0.2) is 28.0 Å². The summed E-state index contributed by atoms with van der Waals surface area (Å²) in [5, 5.41) is 6.39. The van der Waals surface area contributed by atoms with Gasteiger partial charge in [0.05, 0.1) is 6.20 Å². The van der Waals surface area contributed by atoms with Crippen LogP contribution in [0.15, 0.2) is 18.6 Å². The Morgan fingerprint density at radius 2 is 2.24 bits per heavy atom. The Kier molecular flexibility index (Phi) is 3.46. The Morgan fingerprint density at radius 3 is 2.94 bits per heavy atom. The van der Waals surface area contributed by atoms with Crippen molar-refractivity contribution >= 4 is 17.3 Å². The van der Waals surface area contributed by atoms with Crippen molar-refractivity contribution in [2.75, 3.05) is 24.2 Å². The van der Waals surface area contributed by atoms with Crippen LogP contribution in [0, 0.1) is 5.92 Å². The second-order valence-corrected chi connectivity index (χ2v) is 4.49. The molecule has 17 heavy (non-hydrogen) atoms. The second kappa shape index (κ2) is 5.03. The fourth-order valence-electron chi connectivity index (χ4n) is 1.65. The third kappa shape index (κ3) is 2.67. The smallest absolute Gasteiger partial charge is 0.180 e. The van der Waals surface area contributed by atoms with Crippen LogP contribution in [0.2, 0.25) is 0 Å². The number of hydrogen-bond acceptors (Lipinski definition) is 4. The maximum atomic E-state index is 4.48. The summed E-state index contributed by atoms with van der Waals surface area (Å²) in [4.78, 5) is 8.78. The van der Waals surface area contributed by atoms with E-state index < -0.39 is 0 Å². The van der Waals surface area contributed by atoms with Gasteiger partial charge in [-0.25, -0.2) is 9.97 Å². The molecule has 5 heteroatoms. The van der Waals surface area contributed by atoms with Crippen LogP contribution in [-0.2, 0) is 0 Å². The summed E-state index contributed by atoms with van der Waals surface area (Å²) in [5.74, 6) is 2.36. The Hall–Kier alpha value is -1.78. The summed E-state index contributed by atoms with van der Waals surface area (Å²) in [6, 6.07) is 0. The summed E-state index contributed by atoms with van der Waals surface area (Å²) in [5.41, 5.74) is 0.868. The van der Waals surface area contributed by atoms with E-state index in [1.54, 1.807) is 6.20 Å². The lowest BCUT2D eigenvalue weighted by molar-refractivity contribution is 0.606. The summed E-state index contributed by atoms with van der Waals surface area (Å²) < 4.78 is 1.97. The standard InChI is InChI=1S/C12H19N5/c1-9(2)4-5-14-11-12-15-6-7-17(12)8-10(13-3)16-11/h6-9,13H,4-5H2,1-3H3,(H,14,16). The third-order valence-electron chi connectivity index (χ3n) is 2.64. The van der Waals surface area contributed by atoms with Crippen molar-refractivity contribution in [2.45, 2.75) is 20.3 Å². The average Bonchev–Trinajstić information content (AvgIpc) is 2.76. The van der Waals surface area contributed by atoms with Gasteiger partial charge in [-0.1, -0.05) is 13.8 Å². The first-order valence-corrected chi connectivity index (χ1v) is 5.96. The minimum Gasteiger partial charge on any atom is -0.372 e. The highest BCUT2D eigenvalue weighted by atomic mass is 15.1. The Labute approximate surface area is 101 Å². The number of rotatable bonds is 5. The van der Waals surface area contributed by atoms with Crippen LogP contribution in [0.3, 0.4) is 0 Å². The van der Waals surface area contributed by atoms with E-state index in [9.17, 15) is 0 Å². The first kappa shape index (κ1) is 11.7. The normalized spacial score (nSPS) is 11.1. The zero-order valence-electron chi connectivity index (χ0n) is 10.6. The molecule has 0 fully saturated rings. The fraction of sp³-hybridized carbons (Fsp3) is 0.500. The predicted octanol–water partition coefficient (Wildman–Crippen LogP) is 2.23. The number of anilines is 2. The third-order valence-corrected chi connectivity index (χ3v) is 2.64. The van der Waals surface area contributed by atoms with Gasteiger partial charge >= 0.3 is 0 Å². The fourth-order valence-corrected chi connectivity index (χ4v) is 1.65. The molecule has 0 radical (unpaired) electrons. The summed E-state index contributed by atoms with van der Waals surface area (Å²) in [6.45, 7) is 5.34. The van der Waals surface area contributed by atoms with E-state index in [0.717, 1.165) is 30.2 Å². The lowest BCUT2D eigenvalue weighted by atomic mass is 10.1. The van der Waals surface area contributed by atoms with Crippen molar-refractivity contribution in [1.29, 1.82) is 0 Å². The lowest BCUT2D eigenvalue weighted by Gasteiger charge is -2.10. The second-order valence-electron chi connectivity index (χ2n) is 4.49. The molecule has 0 amide bonds. The van der Waals surface area contributed by atoms with Gasteiger partial charge < -0.3 is 15.0 Å². The predicted molar refractivity (Wildman–Crippen MR) is 70.5 cm³/mol. The van der Waals surface area contributed by atoms with Gasteiger partial charge in [0, 0.05) is 26.0 Å². The maximum Gasteiger partial charge on any atom is 0.180 e. The number of nitrogens with one attached hydrogen (secondary N) is 2. The number of fused-ring (bicyclic) bond motifs is 1. The molecule has 0 aromatic carbocycles. The maximum absolute atomic E-state index is 4.48. The summed E-state index contributed by atoms with van der Waals surface area (Å²) >= 11 is 0. The monoisotopic (exact) mass is 233 g/mol. The number of nitrogens with zero attached hydrogens (tertiary/aromatic N) is 3. The topological polar surface area (TPSA) is 54.2 Å². The van der Waals surface area contributed by atoms with Crippen molar-refractivity contribution in [3.8, 4) is 0 Å². The van der Waals surface area contributed by atoms with Gasteiger partial charge in [0.1, 0.15) is 5.82 Å². The van der Waals surface area contributed by atoms with Crippen LogP contribution < -0.4 is 10.6 Å². The molecule has 0 bridgehead atoms. The quantitative estimate of drug-likeness (QED) is 0.831. The van der Waals surface area contributed by atoms with Crippen molar-refractivity contribution < 1.29 is 0 Å². The molecular weight excluding hydrogens is 214 g/mol. The molecule has 0 spiro atoms. The number of hydrogen-bond donors (Lipinski definition) is 2. The lowest BCUT2D eigenvalue weighted by Crippen LogP contribution is -2.09. The van der Waals surface area contributed by atoms with Crippen LogP contribution in [0.25, 0.3) is 5.65 Å². The molecule has 92 valence electrons. The minimum absolute atomic E-state index is 0.686. The summed E-state index contributed by atoms with van der Waals surface area (Å²) in [7, 11) is 1.86. The van der Waals surface area contributed by atoms with E-state index in [4.69, 9.17) is 0 Å². The van der Waals surface area contributed by atoms with E-state index in [-0.39, 0.29) is 0 Å². The molecule has 0 aliphatic rings. The zero-order chi connectivity index (χ0) is 12.3.